The van der Waals surface area contributed by atoms with Gasteiger partial charge in [0.15, 0.2) is 11.5 Å². The lowest BCUT2D eigenvalue weighted by Crippen LogP contribution is -2.28. The predicted octanol–water partition coefficient (Wildman–Crippen LogP) is 3.24. The van der Waals surface area contributed by atoms with Crippen LogP contribution >= 0.6 is 11.3 Å². The third-order valence-corrected chi connectivity index (χ3v) is 6.43. The number of benzene rings is 1. The summed E-state index contributed by atoms with van der Waals surface area (Å²) in [5, 5.41) is 3.47. The van der Waals surface area contributed by atoms with E-state index in [1.54, 1.807) is 36.6 Å². The highest BCUT2D eigenvalue weighted by Crippen LogP contribution is 2.35. The Balaban J connectivity index is 1.57. The molecule has 2 heterocycles. The zero-order chi connectivity index (χ0) is 20.5. The van der Waals surface area contributed by atoms with E-state index in [1.165, 1.54) is 22.9 Å². The quantitative estimate of drug-likeness (QED) is 0.694. The molecule has 29 heavy (non-hydrogen) atoms. The van der Waals surface area contributed by atoms with Gasteiger partial charge in [0, 0.05) is 16.6 Å². The summed E-state index contributed by atoms with van der Waals surface area (Å²) in [7, 11) is 3.08. The molecule has 1 atom stereocenters. The van der Waals surface area contributed by atoms with Gasteiger partial charge < -0.3 is 14.8 Å². The van der Waals surface area contributed by atoms with Crippen LogP contribution in [0.4, 0.5) is 5.69 Å². The molecule has 152 valence electrons. The molecule has 0 fully saturated rings. The fraction of sp³-hybridized carbons (Fsp3) is 0.381. The first-order valence-corrected chi connectivity index (χ1v) is 10.3. The number of nitrogens with one attached hydrogen (secondary N) is 1. The summed E-state index contributed by atoms with van der Waals surface area (Å²) in [6, 6.07) is 5.12. The highest BCUT2D eigenvalue weighted by atomic mass is 32.1. The highest BCUT2D eigenvalue weighted by molar-refractivity contribution is 7.18. The average Bonchev–Trinajstić information content (AvgIpc) is 3.08. The number of nitrogens with zero attached hydrogens (tertiary/aromatic N) is 2. The molecule has 1 amide bonds. The van der Waals surface area contributed by atoms with Crippen molar-refractivity contribution < 1.29 is 14.3 Å². The van der Waals surface area contributed by atoms with Gasteiger partial charge in [-0.3, -0.25) is 14.2 Å². The first kappa shape index (κ1) is 19.4. The molecule has 8 heteroatoms. The Kier molecular flexibility index (Phi) is 5.27. The number of aromatic nitrogens is 2. The van der Waals surface area contributed by atoms with Gasteiger partial charge in [-0.25, -0.2) is 4.98 Å². The second-order valence-corrected chi connectivity index (χ2v) is 8.41. The molecule has 0 saturated heterocycles. The molecule has 0 bridgehead atoms. The van der Waals surface area contributed by atoms with Crippen LogP contribution in [0.5, 0.6) is 11.5 Å². The maximum atomic E-state index is 13.0. The summed E-state index contributed by atoms with van der Waals surface area (Å²) < 4.78 is 11.8. The summed E-state index contributed by atoms with van der Waals surface area (Å²) in [4.78, 5) is 32.0. The number of carbonyl (C=O) groups excluding carboxylic acids is 1. The number of rotatable bonds is 5. The lowest BCUT2D eigenvalue weighted by molar-refractivity contribution is -0.116. The van der Waals surface area contributed by atoms with E-state index in [4.69, 9.17) is 9.47 Å². The van der Waals surface area contributed by atoms with Gasteiger partial charge in [-0.05, 0) is 42.9 Å². The Bertz CT molecular complexity index is 1130. The number of hydrogen-bond acceptors (Lipinski definition) is 6. The van der Waals surface area contributed by atoms with Gasteiger partial charge in [0.25, 0.3) is 5.56 Å². The van der Waals surface area contributed by atoms with E-state index in [-0.39, 0.29) is 18.0 Å². The van der Waals surface area contributed by atoms with Gasteiger partial charge in [0.1, 0.15) is 11.4 Å². The zero-order valence-electron chi connectivity index (χ0n) is 16.7. The third kappa shape index (κ3) is 3.72. The van der Waals surface area contributed by atoms with Gasteiger partial charge in [-0.2, -0.15) is 0 Å². The fourth-order valence-corrected chi connectivity index (χ4v) is 5.09. The topological polar surface area (TPSA) is 82.5 Å². The molecule has 3 aromatic rings. The van der Waals surface area contributed by atoms with E-state index < -0.39 is 0 Å². The second-order valence-electron chi connectivity index (χ2n) is 7.33. The van der Waals surface area contributed by atoms with Crippen molar-refractivity contribution in [3.05, 3.63) is 45.3 Å². The average molecular weight is 413 g/mol. The molecule has 1 aromatic carbocycles. The molecule has 2 aromatic heterocycles. The number of fused-ring (bicyclic) bond motifs is 3. The van der Waals surface area contributed by atoms with Crippen LogP contribution in [0.3, 0.4) is 0 Å². The molecule has 0 radical (unpaired) electrons. The minimum atomic E-state index is -0.307. The normalized spacial score (nSPS) is 15.8. The van der Waals surface area contributed by atoms with Crippen LogP contribution in [0.25, 0.3) is 10.2 Å². The summed E-state index contributed by atoms with van der Waals surface area (Å²) in [6.45, 7) is 2.13. The van der Waals surface area contributed by atoms with E-state index in [2.05, 4.69) is 17.2 Å². The van der Waals surface area contributed by atoms with Gasteiger partial charge >= 0.3 is 0 Å². The van der Waals surface area contributed by atoms with E-state index in [0.29, 0.717) is 28.5 Å². The van der Waals surface area contributed by atoms with Gasteiger partial charge in [0.05, 0.1) is 25.9 Å². The van der Waals surface area contributed by atoms with Crippen molar-refractivity contribution in [3.63, 3.8) is 0 Å². The van der Waals surface area contributed by atoms with Crippen molar-refractivity contribution in [1.29, 1.82) is 0 Å². The molecule has 0 saturated carbocycles. The minimum absolute atomic E-state index is 0.100. The molecule has 1 N–H and O–H groups in total. The van der Waals surface area contributed by atoms with Gasteiger partial charge in [-0.15, -0.1) is 11.3 Å². The first-order chi connectivity index (χ1) is 14.0. The molecule has 0 spiro atoms. The number of amides is 1. The summed E-state index contributed by atoms with van der Waals surface area (Å²) >= 11 is 1.60. The summed E-state index contributed by atoms with van der Waals surface area (Å²) in [5.41, 5.74) is 1.54. The van der Waals surface area contributed by atoms with Crippen LogP contribution in [0, 0.1) is 5.92 Å². The Hall–Kier alpha value is -2.87. The number of anilines is 1. The molecule has 1 aliphatic carbocycles. The molecule has 7 nitrogen and oxygen atoms in total. The fourth-order valence-electron chi connectivity index (χ4n) is 3.75. The molecule has 0 unspecified atom stereocenters. The number of carbonyl (C=O) groups is 1. The van der Waals surface area contributed by atoms with Crippen molar-refractivity contribution in [3.8, 4) is 11.5 Å². The Morgan fingerprint density at radius 1 is 1.31 bits per heavy atom. The molecule has 0 aliphatic heterocycles. The maximum Gasteiger partial charge on any atom is 0.262 e. The summed E-state index contributed by atoms with van der Waals surface area (Å²) in [6.07, 6.45) is 4.43. The Morgan fingerprint density at radius 3 is 2.86 bits per heavy atom. The Morgan fingerprint density at radius 2 is 2.10 bits per heavy atom. The van der Waals surface area contributed by atoms with Crippen LogP contribution in [0.15, 0.2) is 29.3 Å². The van der Waals surface area contributed by atoms with Crippen LogP contribution in [-0.4, -0.2) is 29.7 Å². The van der Waals surface area contributed by atoms with Crippen molar-refractivity contribution in [1.82, 2.24) is 9.55 Å². The molecule has 1 aliphatic rings. The number of aryl methyl sites for hydroxylation is 1. The number of methoxy groups -OCH3 is 2. The second kappa shape index (κ2) is 7.87. The lowest BCUT2D eigenvalue weighted by Gasteiger charge is -2.17. The Labute approximate surface area is 172 Å². The van der Waals surface area contributed by atoms with Crippen LogP contribution in [-0.2, 0) is 24.2 Å². The lowest BCUT2D eigenvalue weighted by atomic mass is 9.89. The van der Waals surface area contributed by atoms with E-state index >= 15 is 0 Å². The smallest absolute Gasteiger partial charge is 0.262 e. The van der Waals surface area contributed by atoms with Crippen molar-refractivity contribution in [2.45, 2.75) is 32.7 Å². The van der Waals surface area contributed by atoms with Crippen molar-refractivity contribution in [2.24, 2.45) is 5.92 Å². The van der Waals surface area contributed by atoms with Gasteiger partial charge in [-0.1, -0.05) is 6.92 Å². The predicted molar refractivity (Wildman–Crippen MR) is 113 cm³/mol. The summed E-state index contributed by atoms with van der Waals surface area (Å²) in [5.74, 6) is 1.42. The van der Waals surface area contributed by atoms with Crippen molar-refractivity contribution >= 4 is 33.1 Å². The molecular weight excluding hydrogens is 390 g/mol. The first-order valence-electron chi connectivity index (χ1n) is 9.51. The van der Waals surface area contributed by atoms with E-state index in [1.807, 2.05) is 0 Å². The standard InChI is InChI=1S/C21H23N3O4S/c1-12-4-6-14-17(8-12)29-20-19(14)21(26)24(11-22-20)10-18(25)23-13-5-7-15(27-2)16(9-13)28-3/h5,7,9,11-12H,4,6,8,10H2,1-3H3,(H,23,25)/t12-/m0/s1. The van der Waals surface area contributed by atoms with Crippen molar-refractivity contribution in [2.75, 3.05) is 19.5 Å². The van der Waals surface area contributed by atoms with Crippen LogP contribution in [0.1, 0.15) is 23.8 Å². The number of thiophene rings is 1. The van der Waals surface area contributed by atoms with Crippen LogP contribution < -0.4 is 20.3 Å². The number of ether oxygens (including phenoxy) is 2. The van der Waals surface area contributed by atoms with E-state index in [0.717, 1.165) is 29.7 Å². The minimum Gasteiger partial charge on any atom is -0.493 e. The SMILES string of the molecule is COc1ccc(NC(=O)Cn2cnc3sc4c(c3c2=O)CC[C@H](C)C4)cc1OC. The highest BCUT2D eigenvalue weighted by Gasteiger charge is 2.23. The third-order valence-electron chi connectivity index (χ3n) is 5.26. The molecular formula is C21H23N3O4S. The largest absolute Gasteiger partial charge is 0.493 e. The number of hydrogen-bond donors (Lipinski definition) is 1. The maximum absolute atomic E-state index is 13.0. The van der Waals surface area contributed by atoms with Crippen LogP contribution in [0.2, 0.25) is 0 Å². The zero-order valence-corrected chi connectivity index (χ0v) is 17.5. The molecule has 4 rings (SSSR count). The van der Waals surface area contributed by atoms with E-state index in [9.17, 15) is 9.59 Å². The monoisotopic (exact) mass is 413 g/mol. The van der Waals surface area contributed by atoms with Gasteiger partial charge in [0.2, 0.25) is 5.91 Å².